The summed E-state index contributed by atoms with van der Waals surface area (Å²) in [5.74, 6) is -0.264. The van der Waals surface area contributed by atoms with Gasteiger partial charge in [0.05, 0.1) is 24.5 Å². The maximum atomic E-state index is 11.6. The highest BCUT2D eigenvalue weighted by Gasteiger charge is 2.16. The van der Waals surface area contributed by atoms with Crippen LogP contribution in [0, 0.1) is 16.7 Å². The van der Waals surface area contributed by atoms with E-state index in [2.05, 4.69) is 6.07 Å². The van der Waals surface area contributed by atoms with Gasteiger partial charge in [0.2, 0.25) is 0 Å². The van der Waals surface area contributed by atoms with E-state index in [4.69, 9.17) is 15.7 Å². The first-order valence-electron chi connectivity index (χ1n) is 6.34. The molecular formula is C15H20N2O2. The smallest absolute Gasteiger partial charge is 0.310 e. The number of carbonyl (C=O) groups excluding carboxylic acids is 1. The molecule has 0 aliphatic rings. The molecule has 0 atom stereocenters. The number of nitriles is 1. The number of hydrogen-bond acceptors (Lipinski definition) is 4. The molecule has 0 radical (unpaired) electrons. The molecular weight excluding hydrogens is 240 g/mol. The largest absolute Gasteiger partial charge is 0.465 e. The Morgan fingerprint density at radius 3 is 2.84 bits per heavy atom. The molecule has 0 aliphatic heterocycles. The van der Waals surface area contributed by atoms with Crippen LogP contribution in [0.5, 0.6) is 0 Å². The molecule has 0 fully saturated rings. The Hall–Kier alpha value is -2.02. The molecule has 102 valence electrons. The topological polar surface area (TPSA) is 76.1 Å². The lowest BCUT2D eigenvalue weighted by atomic mass is 9.90. The van der Waals surface area contributed by atoms with Gasteiger partial charge < -0.3 is 10.5 Å². The van der Waals surface area contributed by atoms with Gasteiger partial charge in [-0.15, -0.1) is 0 Å². The number of nitrogen functional groups attached to an aromatic ring is 1. The number of hydrogen-bond donors (Lipinski definition) is 1. The molecule has 0 heterocycles. The zero-order valence-corrected chi connectivity index (χ0v) is 11.5. The Balaban J connectivity index is 2.28. The lowest BCUT2D eigenvalue weighted by Crippen LogP contribution is -2.12. The molecule has 0 bridgehead atoms. The monoisotopic (exact) mass is 260 g/mol. The fraction of sp³-hybridized carbons (Fsp3) is 0.467. The number of nitrogens with two attached hydrogens (primary N) is 1. The Kier molecular flexibility index (Phi) is 5.37. The number of rotatable bonds is 6. The number of anilines is 1. The molecule has 0 spiro atoms. The minimum atomic E-state index is -0.361. The van der Waals surface area contributed by atoms with Gasteiger partial charge in [0.25, 0.3) is 0 Å². The molecule has 0 amide bonds. The zero-order chi connectivity index (χ0) is 14.3. The van der Waals surface area contributed by atoms with E-state index in [1.165, 1.54) is 0 Å². The summed E-state index contributed by atoms with van der Waals surface area (Å²) in [5.41, 5.74) is 6.76. The molecule has 0 aromatic heterocycles. The first kappa shape index (κ1) is 15.0. The van der Waals surface area contributed by atoms with Crippen molar-refractivity contribution >= 4 is 11.7 Å². The number of benzene rings is 1. The maximum Gasteiger partial charge on any atom is 0.310 e. The minimum Gasteiger partial charge on any atom is -0.465 e. The van der Waals surface area contributed by atoms with Crippen molar-refractivity contribution in [3.63, 3.8) is 0 Å². The number of nitrogens with zero attached hydrogens (tertiary/aromatic N) is 1. The van der Waals surface area contributed by atoms with E-state index in [0.29, 0.717) is 18.7 Å². The van der Waals surface area contributed by atoms with Crippen molar-refractivity contribution in [3.05, 3.63) is 29.8 Å². The number of esters is 1. The van der Waals surface area contributed by atoms with Gasteiger partial charge in [-0.05, 0) is 44.4 Å². The average molecular weight is 260 g/mol. The molecule has 4 heteroatoms. The second-order valence-electron chi connectivity index (χ2n) is 5.24. The zero-order valence-electron chi connectivity index (χ0n) is 11.5. The van der Waals surface area contributed by atoms with Crippen molar-refractivity contribution in [2.75, 3.05) is 12.3 Å². The standard InChI is InChI=1S/C15H20N2O2/c1-15(2,11-16)7-4-8-19-14(18)10-12-5-3-6-13(17)9-12/h3,5-6,9H,4,7-8,10,17H2,1-2H3. The molecule has 1 rings (SSSR count). The Labute approximate surface area is 114 Å². The molecule has 4 nitrogen and oxygen atoms in total. The summed E-state index contributed by atoms with van der Waals surface area (Å²) >= 11 is 0. The van der Waals surface area contributed by atoms with E-state index in [1.54, 1.807) is 12.1 Å². The van der Waals surface area contributed by atoms with E-state index >= 15 is 0 Å². The third-order valence-corrected chi connectivity index (χ3v) is 2.81. The highest BCUT2D eigenvalue weighted by molar-refractivity contribution is 5.72. The molecule has 1 aromatic rings. The van der Waals surface area contributed by atoms with Gasteiger partial charge in [-0.25, -0.2) is 0 Å². The summed E-state index contributed by atoms with van der Waals surface area (Å²) in [4.78, 5) is 11.6. The molecule has 0 aliphatic carbocycles. The van der Waals surface area contributed by atoms with Crippen LogP contribution in [-0.2, 0) is 16.0 Å². The highest BCUT2D eigenvalue weighted by atomic mass is 16.5. The van der Waals surface area contributed by atoms with Crippen LogP contribution in [0.25, 0.3) is 0 Å². The predicted octanol–water partition coefficient (Wildman–Crippen LogP) is 2.68. The normalized spacial score (nSPS) is 10.8. The maximum absolute atomic E-state index is 11.6. The fourth-order valence-corrected chi connectivity index (χ4v) is 1.68. The van der Waals surface area contributed by atoms with Crippen LogP contribution in [0.4, 0.5) is 5.69 Å². The first-order valence-corrected chi connectivity index (χ1v) is 6.34. The average Bonchev–Trinajstić information content (AvgIpc) is 2.35. The third kappa shape index (κ3) is 5.91. The first-order chi connectivity index (χ1) is 8.93. The van der Waals surface area contributed by atoms with E-state index in [0.717, 1.165) is 12.0 Å². The number of carbonyl (C=O) groups is 1. The van der Waals surface area contributed by atoms with Crippen molar-refractivity contribution in [1.29, 1.82) is 5.26 Å². The van der Waals surface area contributed by atoms with Crippen molar-refractivity contribution in [2.45, 2.75) is 33.1 Å². The van der Waals surface area contributed by atoms with Gasteiger partial charge in [-0.2, -0.15) is 5.26 Å². The molecule has 0 saturated heterocycles. The van der Waals surface area contributed by atoms with Gasteiger partial charge in [0.1, 0.15) is 0 Å². The van der Waals surface area contributed by atoms with Crippen molar-refractivity contribution < 1.29 is 9.53 Å². The fourth-order valence-electron chi connectivity index (χ4n) is 1.68. The highest BCUT2D eigenvalue weighted by Crippen LogP contribution is 2.20. The summed E-state index contributed by atoms with van der Waals surface area (Å²) < 4.78 is 5.14. The van der Waals surface area contributed by atoms with Crippen LogP contribution in [-0.4, -0.2) is 12.6 Å². The SMILES string of the molecule is CC(C)(C#N)CCCOC(=O)Cc1cccc(N)c1. The Bertz CT molecular complexity index is 475. The summed E-state index contributed by atoms with van der Waals surface area (Å²) in [5, 5.41) is 8.85. The number of ether oxygens (including phenoxy) is 1. The van der Waals surface area contributed by atoms with Gasteiger partial charge in [0, 0.05) is 5.69 Å². The van der Waals surface area contributed by atoms with Crippen LogP contribution in [0.3, 0.4) is 0 Å². The second kappa shape index (κ2) is 6.79. The van der Waals surface area contributed by atoms with Gasteiger partial charge in [-0.3, -0.25) is 4.79 Å². The lowest BCUT2D eigenvalue weighted by molar-refractivity contribution is -0.143. The van der Waals surface area contributed by atoms with Crippen molar-refractivity contribution in [2.24, 2.45) is 5.41 Å². The van der Waals surface area contributed by atoms with Gasteiger partial charge in [0.15, 0.2) is 0 Å². The lowest BCUT2D eigenvalue weighted by Gasteiger charge is -2.14. The van der Waals surface area contributed by atoms with Crippen LogP contribution in [0.2, 0.25) is 0 Å². The Morgan fingerprint density at radius 2 is 2.21 bits per heavy atom. The molecule has 19 heavy (non-hydrogen) atoms. The van der Waals surface area contributed by atoms with E-state index in [9.17, 15) is 4.79 Å². The summed E-state index contributed by atoms with van der Waals surface area (Å²) in [6, 6.07) is 9.42. The van der Waals surface area contributed by atoms with Crippen molar-refractivity contribution in [3.8, 4) is 6.07 Å². The van der Waals surface area contributed by atoms with E-state index < -0.39 is 0 Å². The minimum absolute atomic E-state index is 0.229. The summed E-state index contributed by atoms with van der Waals surface area (Å²) in [6.07, 6.45) is 1.64. The predicted molar refractivity (Wildman–Crippen MR) is 74.1 cm³/mol. The quantitative estimate of drug-likeness (QED) is 0.484. The second-order valence-corrected chi connectivity index (χ2v) is 5.24. The third-order valence-electron chi connectivity index (χ3n) is 2.81. The summed E-state index contributed by atoms with van der Waals surface area (Å²) in [7, 11) is 0. The van der Waals surface area contributed by atoms with Crippen LogP contribution < -0.4 is 5.73 Å². The van der Waals surface area contributed by atoms with Gasteiger partial charge >= 0.3 is 5.97 Å². The van der Waals surface area contributed by atoms with E-state index in [1.807, 2.05) is 26.0 Å². The summed E-state index contributed by atoms with van der Waals surface area (Å²) in [6.45, 7) is 4.11. The molecule has 1 aromatic carbocycles. The van der Waals surface area contributed by atoms with Gasteiger partial charge in [-0.1, -0.05) is 12.1 Å². The molecule has 0 unspecified atom stereocenters. The van der Waals surface area contributed by atoms with Crippen LogP contribution >= 0.6 is 0 Å². The Morgan fingerprint density at radius 1 is 1.47 bits per heavy atom. The molecule has 2 N–H and O–H groups in total. The van der Waals surface area contributed by atoms with Crippen molar-refractivity contribution in [1.82, 2.24) is 0 Å². The van der Waals surface area contributed by atoms with E-state index in [-0.39, 0.29) is 17.8 Å². The van der Waals surface area contributed by atoms with Crippen LogP contribution in [0.1, 0.15) is 32.3 Å². The molecule has 0 saturated carbocycles. The van der Waals surface area contributed by atoms with Crippen LogP contribution in [0.15, 0.2) is 24.3 Å².